The number of hydrogen-bond acceptors (Lipinski definition) is 2. The Morgan fingerprint density at radius 3 is 2.47 bits per heavy atom. The summed E-state index contributed by atoms with van der Waals surface area (Å²) in [4.78, 5) is 0.464. The molecule has 2 nitrogen and oxygen atoms in total. The van der Waals surface area contributed by atoms with E-state index in [2.05, 4.69) is 6.92 Å². The summed E-state index contributed by atoms with van der Waals surface area (Å²) in [6, 6.07) is 8.79. The lowest BCUT2D eigenvalue weighted by atomic mass is 9.96. The molecule has 0 bridgehead atoms. The first-order valence-electron chi connectivity index (χ1n) is 6.37. The van der Waals surface area contributed by atoms with Gasteiger partial charge >= 0.3 is 0 Å². The van der Waals surface area contributed by atoms with E-state index < -0.39 is 9.84 Å². The summed E-state index contributed by atoms with van der Waals surface area (Å²) >= 11 is 0. The molecule has 3 heteroatoms. The van der Waals surface area contributed by atoms with Crippen molar-refractivity contribution in [1.29, 1.82) is 0 Å². The predicted octanol–water partition coefficient (Wildman–Crippen LogP) is 3.29. The van der Waals surface area contributed by atoms with Crippen molar-refractivity contribution in [3.8, 4) is 0 Å². The van der Waals surface area contributed by atoms with Gasteiger partial charge in [-0.15, -0.1) is 0 Å². The zero-order chi connectivity index (χ0) is 12.3. The van der Waals surface area contributed by atoms with Gasteiger partial charge in [0, 0.05) is 0 Å². The van der Waals surface area contributed by atoms with Crippen LogP contribution in [0.15, 0.2) is 35.2 Å². The summed E-state index contributed by atoms with van der Waals surface area (Å²) < 4.78 is 24.2. The molecule has 0 spiro atoms. The SMILES string of the molecule is C[C@@H]1CCC[C@H]1CCS(=O)(=O)c1ccccc1. The minimum atomic E-state index is -3.07. The van der Waals surface area contributed by atoms with Crippen molar-refractivity contribution in [2.24, 2.45) is 11.8 Å². The molecule has 1 aromatic rings. The third-order valence-electron chi connectivity index (χ3n) is 3.90. The van der Waals surface area contributed by atoms with Crippen LogP contribution in [0, 0.1) is 11.8 Å². The molecule has 0 heterocycles. The van der Waals surface area contributed by atoms with Gasteiger partial charge < -0.3 is 0 Å². The lowest BCUT2D eigenvalue weighted by molar-refractivity contribution is 0.407. The fraction of sp³-hybridized carbons (Fsp3) is 0.571. The van der Waals surface area contributed by atoms with Crippen molar-refractivity contribution >= 4 is 9.84 Å². The van der Waals surface area contributed by atoms with Gasteiger partial charge in [0.05, 0.1) is 10.6 Å². The molecule has 1 aliphatic carbocycles. The first kappa shape index (κ1) is 12.6. The third kappa shape index (κ3) is 3.09. The molecule has 0 saturated heterocycles. The first-order valence-corrected chi connectivity index (χ1v) is 8.02. The molecule has 2 atom stereocenters. The topological polar surface area (TPSA) is 34.1 Å². The fourth-order valence-corrected chi connectivity index (χ4v) is 4.12. The quantitative estimate of drug-likeness (QED) is 0.824. The Kier molecular flexibility index (Phi) is 3.87. The van der Waals surface area contributed by atoms with Crippen LogP contribution in [0.1, 0.15) is 32.6 Å². The number of sulfone groups is 1. The predicted molar refractivity (Wildman–Crippen MR) is 69.6 cm³/mol. The summed E-state index contributed by atoms with van der Waals surface area (Å²) in [5.41, 5.74) is 0. The van der Waals surface area contributed by atoms with Crippen molar-refractivity contribution in [2.75, 3.05) is 5.75 Å². The number of hydrogen-bond donors (Lipinski definition) is 0. The summed E-state index contributed by atoms with van der Waals surface area (Å²) in [5.74, 6) is 1.60. The average Bonchev–Trinajstić information content (AvgIpc) is 2.74. The van der Waals surface area contributed by atoms with Crippen molar-refractivity contribution in [3.63, 3.8) is 0 Å². The Hall–Kier alpha value is -0.830. The summed E-state index contributed by atoms with van der Waals surface area (Å²) in [5, 5.41) is 0. The van der Waals surface area contributed by atoms with Crippen LogP contribution >= 0.6 is 0 Å². The molecule has 2 rings (SSSR count). The van der Waals surface area contributed by atoms with Gasteiger partial charge in [0.15, 0.2) is 9.84 Å². The van der Waals surface area contributed by atoms with Gasteiger partial charge in [-0.2, -0.15) is 0 Å². The fourth-order valence-electron chi connectivity index (χ4n) is 2.70. The third-order valence-corrected chi connectivity index (χ3v) is 5.66. The molecule has 0 radical (unpaired) electrons. The summed E-state index contributed by atoms with van der Waals surface area (Å²) in [6.07, 6.45) is 4.54. The van der Waals surface area contributed by atoms with E-state index in [9.17, 15) is 8.42 Å². The van der Waals surface area contributed by atoms with Gasteiger partial charge in [0.1, 0.15) is 0 Å². The molecule has 1 aliphatic rings. The van der Waals surface area contributed by atoms with E-state index in [-0.39, 0.29) is 0 Å². The van der Waals surface area contributed by atoms with Crippen LogP contribution in [0.3, 0.4) is 0 Å². The van der Waals surface area contributed by atoms with Crippen LogP contribution in [-0.2, 0) is 9.84 Å². The lowest BCUT2D eigenvalue weighted by Crippen LogP contribution is -2.13. The Labute approximate surface area is 104 Å². The van der Waals surface area contributed by atoms with Gasteiger partial charge in [-0.1, -0.05) is 44.4 Å². The molecular formula is C14H20O2S. The molecule has 0 aliphatic heterocycles. The van der Waals surface area contributed by atoms with Gasteiger partial charge in [-0.3, -0.25) is 0 Å². The first-order chi connectivity index (χ1) is 8.09. The second kappa shape index (κ2) is 5.21. The minimum Gasteiger partial charge on any atom is -0.224 e. The zero-order valence-electron chi connectivity index (χ0n) is 10.3. The highest BCUT2D eigenvalue weighted by molar-refractivity contribution is 7.91. The van der Waals surface area contributed by atoms with E-state index in [1.807, 2.05) is 6.07 Å². The smallest absolute Gasteiger partial charge is 0.178 e. The van der Waals surface area contributed by atoms with Crippen LogP contribution < -0.4 is 0 Å². The molecule has 94 valence electrons. The van der Waals surface area contributed by atoms with E-state index in [0.717, 1.165) is 6.42 Å². The van der Waals surface area contributed by atoms with E-state index in [1.54, 1.807) is 24.3 Å². The Balaban J connectivity index is 1.99. The van der Waals surface area contributed by atoms with E-state index >= 15 is 0 Å². The van der Waals surface area contributed by atoms with Crippen LogP contribution in [0.5, 0.6) is 0 Å². The van der Waals surface area contributed by atoms with Crippen molar-refractivity contribution in [2.45, 2.75) is 37.5 Å². The molecule has 1 fully saturated rings. The minimum absolute atomic E-state index is 0.298. The molecule has 0 amide bonds. The summed E-state index contributed by atoms with van der Waals surface area (Å²) in [7, 11) is -3.07. The second-order valence-electron chi connectivity index (χ2n) is 5.09. The maximum atomic E-state index is 12.1. The highest BCUT2D eigenvalue weighted by Crippen LogP contribution is 2.34. The number of benzene rings is 1. The molecule has 17 heavy (non-hydrogen) atoms. The van der Waals surface area contributed by atoms with Gasteiger partial charge in [0.2, 0.25) is 0 Å². The van der Waals surface area contributed by atoms with Gasteiger partial charge in [-0.05, 0) is 30.4 Å². The van der Waals surface area contributed by atoms with E-state index in [1.165, 1.54) is 19.3 Å². The summed E-state index contributed by atoms with van der Waals surface area (Å²) in [6.45, 7) is 2.24. The average molecular weight is 252 g/mol. The molecule has 0 N–H and O–H groups in total. The van der Waals surface area contributed by atoms with Crippen molar-refractivity contribution in [1.82, 2.24) is 0 Å². The van der Waals surface area contributed by atoms with Crippen LogP contribution in [-0.4, -0.2) is 14.2 Å². The van der Waals surface area contributed by atoms with E-state index in [0.29, 0.717) is 22.5 Å². The van der Waals surface area contributed by atoms with Crippen LogP contribution in [0.25, 0.3) is 0 Å². The molecule has 1 saturated carbocycles. The second-order valence-corrected chi connectivity index (χ2v) is 7.20. The Morgan fingerprint density at radius 2 is 1.88 bits per heavy atom. The Bertz CT molecular complexity index is 450. The van der Waals surface area contributed by atoms with Gasteiger partial charge in [-0.25, -0.2) is 8.42 Å². The van der Waals surface area contributed by atoms with Crippen molar-refractivity contribution < 1.29 is 8.42 Å². The Morgan fingerprint density at radius 1 is 1.18 bits per heavy atom. The maximum absolute atomic E-state index is 12.1. The standard InChI is InChI=1S/C14H20O2S/c1-12-6-5-7-13(12)10-11-17(15,16)14-8-3-2-4-9-14/h2-4,8-9,12-13H,5-7,10-11H2,1H3/t12-,13+/m1/s1. The molecule has 1 aromatic carbocycles. The van der Waals surface area contributed by atoms with Crippen molar-refractivity contribution in [3.05, 3.63) is 30.3 Å². The molecule has 0 aromatic heterocycles. The van der Waals surface area contributed by atoms with E-state index in [4.69, 9.17) is 0 Å². The lowest BCUT2D eigenvalue weighted by Gasteiger charge is -2.14. The largest absolute Gasteiger partial charge is 0.224 e. The highest BCUT2D eigenvalue weighted by Gasteiger charge is 2.25. The molecular weight excluding hydrogens is 232 g/mol. The monoisotopic (exact) mass is 252 g/mol. The zero-order valence-corrected chi connectivity index (χ0v) is 11.1. The van der Waals surface area contributed by atoms with Crippen LogP contribution in [0.2, 0.25) is 0 Å². The van der Waals surface area contributed by atoms with Crippen LogP contribution in [0.4, 0.5) is 0 Å². The normalized spacial score (nSPS) is 25.0. The molecule has 0 unspecified atom stereocenters. The highest BCUT2D eigenvalue weighted by atomic mass is 32.2. The van der Waals surface area contributed by atoms with Gasteiger partial charge in [0.25, 0.3) is 0 Å². The number of rotatable bonds is 4. The maximum Gasteiger partial charge on any atom is 0.178 e.